The average molecular weight is 655 g/mol. The smallest absolute Gasteiger partial charge is 0.302 e. The molecule has 1 saturated carbocycles. The van der Waals surface area contributed by atoms with E-state index >= 15 is 0 Å². The van der Waals surface area contributed by atoms with Gasteiger partial charge in [0.1, 0.15) is 12.4 Å². The van der Waals surface area contributed by atoms with Crippen molar-refractivity contribution < 1.29 is 37.6 Å². The highest BCUT2D eigenvalue weighted by atomic mass is 32.2. The molecule has 4 N–H and O–H groups in total. The van der Waals surface area contributed by atoms with E-state index in [1.807, 2.05) is 36.4 Å². The van der Waals surface area contributed by atoms with Gasteiger partial charge < -0.3 is 29.7 Å². The molecular formula is C35H46N2O8S. The van der Waals surface area contributed by atoms with Crippen molar-refractivity contribution >= 4 is 16.0 Å². The van der Waals surface area contributed by atoms with E-state index in [4.69, 9.17) is 14.2 Å². The van der Waals surface area contributed by atoms with Crippen LogP contribution in [0.15, 0.2) is 71.6 Å². The lowest BCUT2D eigenvalue weighted by Crippen LogP contribution is -2.26. The Kier molecular flexibility index (Phi) is 14.0. The molecule has 1 fully saturated rings. The highest BCUT2D eigenvalue weighted by Crippen LogP contribution is 2.30. The summed E-state index contributed by atoms with van der Waals surface area (Å²) in [5.74, 6) is -0.403. The molecule has 11 heteroatoms. The number of sulfonamides is 1. The molecular weight excluding hydrogens is 608 g/mol. The summed E-state index contributed by atoms with van der Waals surface area (Å²) < 4.78 is 45.0. The van der Waals surface area contributed by atoms with Crippen molar-refractivity contribution in [2.75, 3.05) is 32.9 Å². The molecule has 0 spiro atoms. The number of aliphatic hydroxyl groups is 1. The fourth-order valence-electron chi connectivity index (χ4n) is 4.93. The van der Waals surface area contributed by atoms with Gasteiger partial charge in [0, 0.05) is 37.2 Å². The van der Waals surface area contributed by atoms with Gasteiger partial charge in [0.25, 0.3) is 0 Å². The van der Waals surface area contributed by atoms with Gasteiger partial charge in [0.05, 0.1) is 30.8 Å². The van der Waals surface area contributed by atoms with Gasteiger partial charge in [-0.1, -0.05) is 55.3 Å². The second-order valence-electron chi connectivity index (χ2n) is 11.6. The van der Waals surface area contributed by atoms with E-state index in [1.54, 1.807) is 24.3 Å². The van der Waals surface area contributed by atoms with Crippen LogP contribution in [0.4, 0.5) is 0 Å². The first-order valence-corrected chi connectivity index (χ1v) is 17.4. The van der Waals surface area contributed by atoms with Gasteiger partial charge in [-0.2, -0.15) is 0 Å². The number of ether oxygens (including phenoxy) is 3. The SMILES string of the molecule is CC(=O)OCc1cc([C@@H](O)CNCCCCCCOCCOCc2cccc(-c3ccccc3S(=O)(=O)NC3CC3)c2)ccc1O. The van der Waals surface area contributed by atoms with E-state index < -0.39 is 22.1 Å². The van der Waals surface area contributed by atoms with Crippen molar-refractivity contribution in [3.8, 4) is 16.9 Å². The second-order valence-corrected chi connectivity index (χ2v) is 13.2. The maximum Gasteiger partial charge on any atom is 0.302 e. The van der Waals surface area contributed by atoms with Crippen molar-refractivity contribution in [1.82, 2.24) is 10.0 Å². The van der Waals surface area contributed by atoms with Gasteiger partial charge in [-0.15, -0.1) is 0 Å². The van der Waals surface area contributed by atoms with Crippen molar-refractivity contribution in [3.05, 3.63) is 83.4 Å². The van der Waals surface area contributed by atoms with Crippen molar-refractivity contribution in [3.63, 3.8) is 0 Å². The molecule has 1 aliphatic carbocycles. The maximum absolute atomic E-state index is 12.9. The molecule has 0 saturated heterocycles. The fraction of sp³-hybridized carbons (Fsp3) is 0.457. The number of benzene rings is 3. The summed E-state index contributed by atoms with van der Waals surface area (Å²) >= 11 is 0. The number of carbonyl (C=O) groups excluding carboxylic acids is 1. The number of unbranched alkanes of at least 4 members (excludes halogenated alkanes) is 3. The normalized spacial score (nSPS) is 13.9. The number of carbonyl (C=O) groups is 1. The third-order valence-corrected chi connectivity index (χ3v) is 9.18. The lowest BCUT2D eigenvalue weighted by Gasteiger charge is -2.14. The Balaban J connectivity index is 1.04. The first-order chi connectivity index (χ1) is 22.2. The van der Waals surface area contributed by atoms with E-state index in [0.717, 1.165) is 56.2 Å². The summed E-state index contributed by atoms with van der Waals surface area (Å²) in [4.78, 5) is 11.3. The molecule has 0 amide bonds. The molecule has 10 nitrogen and oxygen atoms in total. The molecule has 0 radical (unpaired) electrons. The van der Waals surface area contributed by atoms with Crippen molar-refractivity contribution in [1.29, 1.82) is 0 Å². The number of hydrogen-bond donors (Lipinski definition) is 4. The zero-order chi connectivity index (χ0) is 32.8. The highest BCUT2D eigenvalue weighted by molar-refractivity contribution is 7.89. The molecule has 0 aliphatic heterocycles. The maximum atomic E-state index is 12.9. The van der Waals surface area contributed by atoms with Gasteiger partial charge in [-0.05, 0) is 73.2 Å². The molecule has 3 aromatic rings. The van der Waals surface area contributed by atoms with Crippen LogP contribution >= 0.6 is 0 Å². The van der Waals surface area contributed by atoms with Crippen molar-refractivity contribution in [2.45, 2.75) is 75.7 Å². The highest BCUT2D eigenvalue weighted by Gasteiger charge is 2.29. The van der Waals surface area contributed by atoms with Crippen LogP contribution in [0.25, 0.3) is 11.1 Å². The van der Waals surface area contributed by atoms with Gasteiger partial charge in [0.15, 0.2) is 0 Å². The molecule has 0 heterocycles. The van der Waals surface area contributed by atoms with Crippen LogP contribution in [0.2, 0.25) is 0 Å². The van der Waals surface area contributed by atoms with Gasteiger partial charge >= 0.3 is 5.97 Å². The first kappa shape index (κ1) is 35.5. The third-order valence-electron chi connectivity index (χ3n) is 7.60. The van der Waals surface area contributed by atoms with Crippen LogP contribution in [0.3, 0.4) is 0 Å². The summed E-state index contributed by atoms with van der Waals surface area (Å²) in [7, 11) is -3.57. The molecule has 1 aliphatic rings. The molecule has 1 atom stereocenters. The van der Waals surface area contributed by atoms with Crippen LogP contribution in [0.1, 0.15) is 68.2 Å². The van der Waals surface area contributed by atoms with Crippen LogP contribution in [0.5, 0.6) is 5.75 Å². The number of aliphatic hydroxyl groups excluding tert-OH is 1. The van der Waals surface area contributed by atoms with Crippen LogP contribution < -0.4 is 10.0 Å². The standard InChI is InChI=1S/C35H46N2O8S/c1-26(38)45-25-30-22-29(13-16-33(30)39)34(40)23-36-17-6-2-3-7-18-43-19-20-44-24-27-9-8-10-28(21-27)32-11-4-5-12-35(32)46(41,42)37-31-14-15-31/h4-5,8-13,16,21-22,31,34,36-37,39-40H,2-3,6-7,14-15,17-20,23-25H2,1H3/t34-/m0/s1. The molecule has 0 aromatic heterocycles. The lowest BCUT2D eigenvalue weighted by atomic mass is 10.0. The third kappa shape index (κ3) is 11.8. The fourth-order valence-corrected chi connectivity index (χ4v) is 6.47. The summed E-state index contributed by atoms with van der Waals surface area (Å²) in [5.41, 5.74) is 3.59. The Bertz CT molecular complexity index is 1510. The number of rotatable bonds is 21. The zero-order valence-electron chi connectivity index (χ0n) is 26.5. The van der Waals surface area contributed by atoms with E-state index in [9.17, 15) is 23.4 Å². The molecule has 250 valence electrons. The predicted octanol–water partition coefficient (Wildman–Crippen LogP) is 4.98. The number of phenols is 1. The van der Waals surface area contributed by atoms with Crippen molar-refractivity contribution in [2.24, 2.45) is 0 Å². The molecule has 0 unspecified atom stereocenters. The Morgan fingerprint density at radius 1 is 0.913 bits per heavy atom. The number of phenolic OH excluding ortho intramolecular Hbond substituents is 1. The van der Waals surface area contributed by atoms with Gasteiger partial charge in [-0.3, -0.25) is 4.79 Å². The van der Waals surface area contributed by atoms with E-state index in [-0.39, 0.29) is 18.4 Å². The first-order valence-electron chi connectivity index (χ1n) is 15.9. The van der Waals surface area contributed by atoms with Gasteiger partial charge in [-0.25, -0.2) is 13.1 Å². The number of aromatic hydroxyl groups is 1. The Morgan fingerprint density at radius 2 is 1.70 bits per heavy atom. The minimum absolute atomic E-state index is 0.0275. The number of nitrogens with one attached hydrogen (secondary N) is 2. The summed E-state index contributed by atoms with van der Waals surface area (Å²) in [6.45, 7) is 4.50. The summed E-state index contributed by atoms with van der Waals surface area (Å²) in [6, 6.07) is 19.7. The van der Waals surface area contributed by atoms with Gasteiger partial charge in [0.2, 0.25) is 10.0 Å². The molecule has 0 bridgehead atoms. The number of esters is 1. The predicted molar refractivity (Wildman–Crippen MR) is 176 cm³/mol. The van der Waals surface area contributed by atoms with Crippen LogP contribution in [0, 0.1) is 0 Å². The lowest BCUT2D eigenvalue weighted by molar-refractivity contribution is -0.142. The minimum atomic E-state index is -3.57. The molecule has 4 rings (SSSR count). The summed E-state index contributed by atoms with van der Waals surface area (Å²) in [6.07, 6.45) is 5.08. The average Bonchev–Trinajstić information content (AvgIpc) is 3.86. The molecule has 46 heavy (non-hydrogen) atoms. The van der Waals surface area contributed by atoms with E-state index in [1.165, 1.54) is 13.0 Å². The van der Waals surface area contributed by atoms with E-state index in [0.29, 0.717) is 54.6 Å². The van der Waals surface area contributed by atoms with E-state index in [2.05, 4.69) is 10.0 Å². The largest absolute Gasteiger partial charge is 0.508 e. The summed E-state index contributed by atoms with van der Waals surface area (Å²) in [5, 5.41) is 23.7. The van der Waals surface area contributed by atoms with Crippen LogP contribution in [-0.4, -0.2) is 63.6 Å². The second kappa shape index (κ2) is 18.1. The topological polar surface area (TPSA) is 143 Å². The molecule has 3 aromatic carbocycles. The zero-order valence-corrected chi connectivity index (χ0v) is 27.3. The quantitative estimate of drug-likeness (QED) is 0.0924. The Labute approximate surface area is 272 Å². The van der Waals surface area contributed by atoms with Crippen LogP contribution in [-0.2, 0) is 42.2 Å². The minimum Gasteiger partial charge on any atom is -0.508 e. The Morgan fingerprint density at radius 3 is 2.50 bits per heavy atom. The number of hydrogen-bond acceptors (Lipinski definition) is 9. The Hall–Kier alpha value is -3.32. The monoisotopic (exact) mass is 654 g/mol.